The van der Waals surface area contributed by atoms with E-state index in [0.29, 0.717) is 0 Å². The van der Waals surface area contributed by atoms with Crippen LogP contribution in [0.3, 0.4) is 0 Å². The molecule has 22 heavy (non-hydrogen) atoms. The lowest BCUT2D eigenvalue weighted by Crippen LogP contribution is -2.33. The number of nitrogens with one attached hydrogen (secondary N) is 1. The fraction of sp³-hybridized carbons (Fsp3) is 0.438. The standard InChI is InChI=1S/C16H20N4O2/c1-11-9-14(19-18-11)12-5-3-6-13(17-12)15-7-4-8-20(15)16(21)10-22-2/h3,5-6,9,15H,4,7-8,10H2,1-2H3,(H,18,19)/t15-/m0/s1. The van der Waals surface area contributed by atoms with Crippen LogP contribution >= 0.6 is 0 Å². The molecule has 0 aliphatic carbocycles. The summed E-state index contributed by atoms with van der Waals surface area (Å²) in [6, 6.07) is 7.89. The molecular formula is C16H20N4O2. The van der Waals surface area contributed by atoms with Gasteiger partial charge in [-0.2, -0.15) is 5.10 Å². The van der Waals surface area contributed by atoms with Gasteiger partial charge in [0.05, 0.1) is 17.4 Å². The molecule has 1 aliphatic heterocycles. The number of hydrogen-bond acceptors (Lipinski definition) is 4. The number of ether oxygens (including phenoxy) is 1. The molecule has 0 unspecified atom stereocenters. The van der Waals surface area contributed by atoms with Crippen LogP contribution in [0.2, 0.25) is 0 Å². The van der Waals surface area contributed by atoms with E-state index in [0.717, 1.165) is 42.2 Å². The number of pyridine rings is 1. The van der Waals surface area contributed by atoms with Gasteiger partial charge >= 0.3 is 0 Å². The molecule has 3 heterocycles. The lowest BCUT2D eigenvalue weighted by molar-refractivity contribution is -0.136. The predicted molar refractivity (Wildman–Crippen MR) is 82.1 cm³/mol. The molecule has 0 spiro atoms. The van der Waals surface area contributed by atoms with Gasteiger partial charge in [0.25, 0.3) is 0 Å². The van der Waals surface area contributed by atoms with Gasteiger partial charge in [-0.3, -0.25) is 9.89 Å². The Kier molecular flexibility index (Phi) is 4.20. The van der Waals surface area contributed by atoms with Crippen molar-refractivity contribution in [2.24, 2.45) is 0 Å². The van der Waals surface area contributed by atoms with Crippen molar-refractivity contribution in [2.45, 2.75) is 25.8 Å². The van der Waals surface area contributed by atoms with Gasteiger partial charge in [0.1, 0.15) is 12.3 Å². The molecule has 116 valence electrons. The Hall–Kier alpha value is -2.21. The monoisotopic (exact) mass is 300 g/mol. The maximum atomic E-state index is 12.1. The summed E-state index contributed by atoms with van der Waals surface area (Å²) in [6.07, 6.45) is 1.93. The van der Waals surface area contributed by atoms with Gasteiger partial charge in [-0.05, 0) is 38.0 Å². The van der Waals surface area contributed by atoms with E-state index in [2.05, 4.69) is 10.2 Å². The number of rotatable bonds is 4. The van der Waals surface area contributed by atoms with E-state index < -0.39 is 0 Å². The molecule has 1 amide bonds. The van der Waals surface area contributed by atoms with Crippen LogP contribution in [0.15, 0.2) is 24.3 Å². The van der Waals surface area contributed by atoms with Crippen molar-refractivity contribution in [2.75, 3.05) is 20.3 Å². The normalized spacial score (nSPS) is 17.9. The lowest BCUT2D eigenvalue weighted by Gasteiger charge is -2.24. The van der Waals surface area contributed by atoms with E-state index in [1.54, 1.807) is 7.11 Å². The van der Waals surface area contributed by atoms with Gasteiger partial charge in [0.15, 0.2) is 0 Å². The van der Waals surface area contributed by atoms with Crippen LogP contribution in [0.25, 0.3) is 11.4 Å². The zero-order valence-electron chi connectivity index (χ0n) is 12.9. The van der Waals surface area contributed by atoms with Gasteiger partial charge in [0.2, 0.25) is 5.91 Å². The highest BCUT2D eigenvalue weighted by Crippen LogP contribution is 2.31. The number of hydrogen-bond donors (Lipinski definition) is 1. The Balaban J connectivity index is 1.86. The smallest absolute Gasteiger partial charge is 0.249 e. The number of aromatic nitrogens is 3. The van der Waals surface area contributed by atoms with Crippen LogP contribution in [0, 0.1) is 6.92 Å². The third-order valence-corrected chi connectivity index (χ3v) is 3.92. The largest absolute Gasteiger partial charge is 0.375 e. The fourth-order valence-corrected chi connectivity index (χ4v) is 2.91. The molecule has 1 atom stereocenters. The number of amides is 1. The number of aryl methyl sites for hydroxylation is 1. The van der Waals surface area contributed by atoms with E-state index in [9.17, 15) is 4.79 Å². The summed E-state index contributed by atoms with van der Waals surface area (Å²) in [4.78, 5) is 18.7. The van der Waals surface area contributed by atoms with Crippen LogP contribution < -0.4 is 0 Å². The molecule has 3 rings (SSSR count). The van der Waals surface area contributed by atoms with Crippen LogP contribution in [-0.2, 0) is 9.53 Å². The molecule has 0 aromatic carbocycles. The summed E-state index contributed by atoms with van der Waals surface area (Å²) in [6.45, 7) is 2.84. The zero-order chi connectivity index (χ0) is 15.5. The molecule has 6 heteroatoms. The molecule has 0 radical (unpaired) electrons. The van der Waals surface area contributed by atoms with Gasteiger partial charge in [-0.25, -0.2) is 4.98 Å². The molecule has 1 N–H and O–H groups in total. The van der Waals surface area contributed by atoms with Crippen LogP contribution in [0.1, 0.15) is 30.3 Å². The third-order valence-electron chi connectivity index (χ3n) is 3.92. The topological polar surface area (TPSA) is 71.1 Å². The number of nitrogens with zero attached hydrogens (tertiary/aromatic N) is 3. The first-order chi connectivity index (χ1) is 10.7. The highest BCUT2D eigenvalue weighted by molar-refractivity contribution is 5.78. The van der Waals surface area contributed by atoms with Gasteiger partial charge in [-0.15, -0.1) is 0 Å². The summed E-state index contributed by atoms with van der Waals surface area (Å²) < 4.78 is 4.97. The summed E-state index contributed by atoms with van der Waals surface area (Å²) in [5, 5.41) is 7.18. The molecule has 1 saturated heterocycles. The Morgan fingerprint density at radius 2 is 2.32 bits per heavy atom. The van der Waals surface area contributed by atoms with Crippen LogP contribution in [-0.4, -0.2) is 46.2 Å². The first-order valence-corrected chi connectivity index (χ1v) is 7.47. The second-order valence-electron chi connectivity index (χ2n) is 5.56. The number of methoxy groups -OCH3 is 1. The first kappa shape index (κ1) is 14.7. The molecule has 1 fully saturated rings. The van der Waals surface area contributed by atoms with Crippen molar-refractivity contribution in [3.05, 3.63) is 35.7 Å². The predicted octanol–water partition coefficient (Wildman–Crippen LogP) is 2.09. The Morgan fingerprint density at radius 1 is 1.45 bits per heavy atom. The first-order valence-electron chi connectivity index (χ1n) is 7.47. The van der Waals surface area contributed by atoms with Crippen LogP contribution in [0.5, 0.6) is 0 Å². The van der Waals surface area contributed by atoms with E-state index in [1.165, 1.54) is 0 Å². The maximum absolute atomic E-state index is 12.1. The van der Waals surface area contributed by atoms with Crippen molar-refractivity contribution >= 4 is 5.91 Å². The highest BCUT2D eigenvalue weighted by Gasteiger charge is 2.30. The minimum atomic E-state index is 0.0211. The second kappa shape index (κ2) is 6.27. The van der Waals surface area contributed by atoms with Crippen molar-refractivity contribution in [1.29, 1.82) is 0 Å². The average molecular weight is 300 g/mol. The molecule has 2 aromatic rings. The number of carbonyl (C=O) groups is 1. The fourth-order valence-electron chi connectivity index (χ4n) is 2.91. The molecule has 2 aromatic heterocycles. The van der Waals surface area contributed by atoms with Crippen molar-refractivity contribution < 1.29 is 9.53 Å². The molecule has 6 nitrogen and oxygen atoms in total. The minimum Gasteiger partial charge on any atom is -0.375 e. The zero-order valence-corrected chi connectivity index (χ0v) is 12.9. The summed E-state index contributed by atoms with van der Waals surface area (Å²) >= 11 is 0. The number of carbonyl (C=O) groups excluding carboxylic acids is 1. The molecular weight excluding hydrogens is 280 g/mol. The molecule has 0 bridgehead atoms. The van der Waals surface area contributed by atoms with E-state index in [-0.39, 0.29) is 18.6 Å². The molecule has 1 aliphatic rings. The van der Waals surface area contributed by atoms with Gasteiger partial charge in [-0.1, -0.05) is 6.07 Å². The minimum absolute atomic E-state index is 0.0211. The molecule has 0 saturated carbocycles. The lowest BCUT2D eigenvalue weighted by atomic mass is 10.1. The van der Waals surface area contributed by atoms with Crippen molar-refractivity contribution in [3.63, 3.8) is 0 Å². The van der Waals surface area contributed by atoms with E-state index >= 15 is 0 Å². The van der Waals surface area contributed by atoms with Gasteiger partial charge < -0.3 is 9.64 Å². The van der Waals surface area contributed by atoms with Crippen molar-refractivity contribution in [3.8, 4) is 11.4 Å². The third kappa shape index (κ3) is 2.87. The second-order valence-corrected chi connectivity index (χ2v) is 5.56. The maximum Gasteiger partial charge on any atom is 0.249 e. The van der Waals surface area contributed by atoms with E-state index in [4.69, 9.17) is 9.72 Å². The SMILES string of the molecule is COCC(=O)N1CCC[C@H]1c1cccc(-c2cc(C)[nH]n2)n1. The quantitative estimate of drug-likeness (QED) is 0.938. The average Bonchev–Trinajstić information content (AvgIpc) is 3.16. The Morgan fingerprint density at radius 3 is 3.05 bits per heavy atom. The Labute approximate surface area is 129 Å². The highest BCUT2D eigenvalue weighted by atomic mass is 16.5. The Bertz CT molecular complexity index is 668. The number of H-pyrrole nitrogens is 1. The summed E-state index contributed by atoms with van der Waals surface area (Å²) in [7, 11) is 1.54. The number of aromatic amines is 1. The number of likely N-dealkylation sites (tertiary alicyclic amines) is 1. The summed E-state index contributed by atoms with van der Waals surface area (Å²) in [5.41, 5.74) is 3.57. The van der Waals surface area contributed by atoms with Gasteiger partial charge in [0, 0.05) is 19.3 Å². The summed E-state index contributed by atoms with van der Waals surface area (Å²) in [5.74, 6) is 0.0211. The van der Waals surface area contributed by atoms with E-state index in [1.807, 2.05) is 36.1 Å². The van der Waals surface area contributed by atoms with Crippen molar-refractivity contribution in [1.82, 2.24) is 20.1 Å². The van der Waals surface area contributed by atoms with Crippen LogP contribution in [0.4, 0.5) is 0 Å².